The fourth-order valence-corrected chi connectivity index (χ4v) is 6.30. The third kappa shape index (κ3) is 5.64. The molecule has 3 aromatic carbocycles. The highest BCUT2D eigenvalue weighted by molar-refractivity contribution is 5.94. The van der Waals surface area contributed by atoms with Crippen molar-refractivity contribution in [1.29, 1.82) is 0 Å². The molecule has 3 aliphatic rings. The highest BCUT2D eigenvalue weighted by Crippen LogP contribution is 2.34. The molecule has 0 aromatic heterocycles. The Morgan fingerprint density at radius 2 is 1.89 bits per heavy atom. The van der Waals surface area contributed by atoms with Crippen LogP contribution in [0.1, 0.15) is 24.0 Å². The number of nitrogens with one attached hydrogen (secondary N) is 1. The number of hydrogen-bond donors (Lipinski definition) is 1. The van der Waals surface area contributed by atoms with Crippen LogP contribution in [0.4, 0.5) is 4.79 Å². The molecule has 2 saturated heterocycles. The first-order valence-electron chi connectivity index (χ1n) is 14.8. The zero-order valence-electron chi connectivity index (χ0n) is 24.7. The van der Waals surface area contributed by atoms with E-state index in [0.29, 0.717) is 13.0 Å². The van der Waals surface area contributed by atoms with Crippen molar-refractivity contribution in [1.82, 2.24) is 25.1 Å². The van der Waals surface area contributed by atoms with Gasteiger partial charge in [0.25, 0.3) is 0 Å². The van der Waals surface area contributed by atoms with Crippen molar-refractivity contribution in [2.75, 3.05) is 26.7 Å². The number of piperazine rings is 1. The second kappa shape index (κ2) is 12.7. The molecule has 4 amide bonds. The van der Waals surface area contributed by atoms with Gasteiger partial charge < -0.3 is 19.9 Å². The highest BCUT2D eigenvalue weighted by Gasteiger charge is 2.53. The number of hydrazine groups is 1. The SMILES string of the molecule is C#CCN(C(=O)NCc1ccc(OC)cc1)N1CC(=O)N2C1CN(Cc1cccc3ccccc13)C(=O)[C@@H]2C1=CC=CCC1. The van der Waals surface area contributed by atoms with Crippen molar-refractivity contribution in [3.63, 3.8) is 0 Å². The molecule has 6 rings (SSSR count). The number of carbonyl (C=O) groups is 3. The number of terminal acetylenes is 1. The van der Waals surface area contributed by atoms with Gasteiger partial charge in [-0.05, 0) is 52.4 Å². The Morgan fingerprint density at radius 3 is 2.64 bits per heavy atom. The number of methoxy groups -OCH3 is 1. The molecule has 2 fully saturated rings. The van der Waals surface area contributed by atoms with E-state index in [0.717, 1.165) is 39.6 Å². The molecule has 9 heteroatoms. The number of amides is 4. The Kier molecular flexibility index (Phi) is 8.35. The molecule has 0 spiro atoms. The van der Waals surface area contributed by atoms with Gasteiger partial charge in [0, 0.05) is 13.1 Å². The fraction of sp³-hybridized carbons (Fsp3) is 0.286. The van der Waals surface area contributed by atoms with Crippen LogP contribution in [0.15, 0.2) is 90.5 Å². The number of rotatable bonds is 8. The summed E-state index contributed by atoms with van der Waals surface area (Å²) in [5.74, 6) is 2.98. The minimum Gasteiger partial charge on any atom is -0.497 e. The van der Waals surface area contributed by atoms with Crippen LogP contribution in [0.2, 0.25) is 0 Å². The lowest BCUT2D eigenvalue weighted by molar-refractivity contribution is -0.155. The maximum atomic E-state index is 14.2. The first-order valence-corrected chi connectivity index (χ1v) is 14.8. The summed E-state index contributed by atoms with van der Waals surface area (Å²) < 4.78 is 5.22. The van der Waals surface area contributed by atoms with Gasteiger partial charge >= 0.3 is 6.03 Å². The molecule has 0 bridgehead atoms. The van der Waals surface area contributed by atoms with Crippen molar-refractivity contribution in [2.24, 2.45) is 0 Å². The predicted octanol–water partition coefficient (Wildman–Crippen LogP) is 4.07. The monoisotopic (exact) mass is 589 g/mol. The van der Waals surface area contributed by atoms with Crippen LogP contribution in [0.5, 0.6) is 5.75 Å². The molecule has 1 N–H and O–H groups in total. The number of hydrogen-bond acceptors (Lipinski definition) is 5. The van der Waals surface area contributed by atoms with Crippen molar-refractivity contribution >= 4 is 28.6 Å². The summed E-state index contributed by atoms with van der Waals surface area (Å²) in [6.07, 6.45) is 12.6. The normalized spacial score (nSPS) is 19.9. The third-order valence-corrected chi connectivity index (χ3v) is 8.48. The molecule has 1 unspecified atom stereocenters. The van der Waals surface area contributed by atoms with Gasteiger partial charge in [-0.25, -0.2) is 9.80 Å². The lowest BCUT2D eigenvalue weighted by atomic mass is 9.93. The first-order chi connectivity index (χ1) is 21.5. The van der Waals surface area contributed by atoms with Gasteiger partial charge in [-0.2, -0.15) is 5.01 Å². The van der Waals surface area contributed by atoms with Crippen LogP contribution in [-0.2, 0) is 22.7 Å². The van der Waals surface area contributed by atoms with Crippen LogP contribution in [-0.4, -0.2) is 76.6 Å². The van der Waals surface area contributed by atoms with Crippen molar-refractivity contribution in [3.8, 4) is 18.1 Å². The Balaban J connectivity index is 1.30. The van der Waals surface area contributed by atoms with Crippen LogP contribution in [0.3, 0.4) is 0 Å². The van der Waals surface area contributed by atoms with Crippen molar-refractivity contribution in [2.45, 2.75) is 38.1 Å². The molecular weight excluding hydrogens is 554 g/mol. The molecule has 0 saturated carbocycles. The molecule has 0 radical (unpaired) electrons. The van der Waals surface area contributed by atoms with Gasteiger partial charge in [-0.3, -0.25) is 9.59 Å². The van der Waals surface area contributed by atoms with E-state index in [1.807, 2.05) is 65.6 Å². The Morgan fingerprint density at radius 1 is 1.09 bits per heavy atom. The predicted molar refractivity (Wildman–Crippen MR) is 168 cm³/mol. The van der Waals surface area contributed by atoms with Crippen LogP contribution in [0, 0.1) is 12.3 Å². The van der Waals surface area contributed by atoms with E-state index in [1.54, 1.807) is 17.0 Å². The van der Waals surface area contributed by atoms with Crippen LogP contribution in [0.25, 0.3) is 10.8 Å². The summed E-state index contributed by atoms with van der Waals surface area (Å²) in [5, 5.41) is 8.26. The van der Waals surface area contributed by atoms with Gasteiger partial charge in [0.2, 0.25) is 11.8 Å². The minimum atomic E-state index is -0.749. The Hall–Kier alpha value is -5.07. The lowest BCUT2D eigenvalue weighted by Crippen LogP contribution is -2.66. The largest absolute Gasteiger partial charge is 0.497 e. The minimum absolute atomic E-state index is 0.0283. The van der Waals surface area contributed by atoms with E-state index in [4.69, 9.17) is 11.2 Å². The number of benzene rings is 3. The average molecular weight is 590 g/mol. The highest BCUT2D eigenvalue weighted by atomic mass is 16.5. The molecule has 2 atom stereocenters. The second-order valence-corrected chi connectivity index (χ2v) is 11.1. The molecule has 2 aliphatic heterocycles. The fourth-order valence-electron chi connectivity index (χ4n) is 6.30. The van der Waals surface area contributed by atoms with Gasteiger partial charge in [0.1, 0.15) is 18.0 Å². The third-order valence-electron chi connectivity index (χ3n) is 8.48. The summed E-state index contributed by atoms with van der Waals surface area (Å²) >= 11 is 0. The number of allylic oxidation sites excluding steroid dienone is 3. The molecule has 224 valence electrons. The Labute approximate surface area is 257 Å². The lowest BCUT2D eigenvalue weighted by Gasteiger charge is -2.46. The maximum absolute atomic E-state index is 14.2. The number of urea groups is 1. The first kappa shape index (κ1) is 29.0. The summed E-state index contributed by atoms with van der Waals surface area (Å²) in [4.78, 5) is 45.0. The van der Waals surface area contributed by atoms with E-state index in [9.17, 15) is 14.4 Å². The second-order valence-electron chi connectivity index (χ2n) is 11.1. The Bertz CT molecular complexity index is 1670. The maximum Gasteiger partial charge on any atom is 0.333 e. The standard InChI is InChI=1S/C35H35N5O4/c1-3-20-38(35(43)36-21-25-16-18-29(44-2)19-17-25)39-24-32(41)40-31(39)23-37(34(42)33(40)27-11-5-4-6-12-27)22-28-14-9-13-26-10-7-8-15-30(26)28/h1,4-5,7-11,13-19,31,33H,6,12,20-24H2,2H3,(H,36,43)/t31?,33-/m0/s1. The van der Waals surface area contributed by atoms with Crippen LogP contribution >= 0.6 is 0 Å². The number of carbonyl (C=O) groups excluding carboxylic acids is 3. The zero-order valence-corrected chi connectivity index (χ0v) is 24.7. The van der Waals surface area contributed by atoms with Gasteiger partial charge in [-0.15, -0.1) is 6.42 Å². The topological polar surface area (TPSA) is 85.4 Å². The van der Waals surface area contributed by atoms with Gasteiger partial charge in [0.05, 0.1) is 26.7 Å². The van der Waals surface area contributed by atoms with Crippen molar-refractivity contribution in [3.05, 3.63) is 102 Å². The summed E-state index contributed by atoms with van der Waals surface area (Å²) in [6.45, 7) is 0.801. The number of nitrogens with zero attached hydrogens (tertiary/aromatic N) is 4. The van der Waals surface area contributed by atoms with Gasteiger partial charge in [-0.1, -0.05) is 78.7 Å². The van der Waals surface area contributed by atoms with E-state index >= 15 is 0 Å². The zero-order chi connectivity index (χ0) is 30.6. The molecule has 9 nitrogen and oxygen atoms in total. The molecule has 1 aliphatic carbocycles. The quantitative estimate of drug-likeness (QED) is 0.401. The summed E-state index contributed by atoms with van der Waals surface area (Å²) in [7, 11) is 1.60. The molecular formula is C35H35N5O4. The van der Waals surface area contributed by atoms with Crippen LogP contribution < -0.4 is 10.1 Å². The van der Waals surface area contributed by atoms with E-state index in [2.05, 4.69) is 35.5 Å². The van der Waals surface area contributed by atoms with Crippen molar-refractivity contribution < 1.29 is 19.1 Å². The number of ether oxygens (including phenoxy) is 1. The molecule has 44 heavy (non-hydrogen) atoms. The average Bonchev–Trinajstić information content (AvgIpc) is 3.38. The molecule has 3 aromatic rings. The number of fused-ring (bicyclic) bond motifs is 2. The van der Waals surface area contributed by atoms with E-state index in [-0.39, 0.29) is 38.0 Å². The summed E-state index contributed by atoms with van der Waals surface area (Å²) in [5.41, 5.74) is 2.81. The van der Waals surface area contributed by atoms with E-state index < -0.39 is 18.2 Å². The van der Waals surface area contributed by atoms with E-state index in [1.165, 1.54) is 5.01 Å². The van der Waals surface area contributed by atoms with Gasteiger partial charge in [0.15, 0.2) is 0 Å². The smallest absolute Gasteiger partial charge is 0.333 e. The molecule has 2 heterocycles. The summed E-state index contributed by atoms with van der Waals surface area (Å²) in [6, 6.07) is 20.4.